The van der Waals surface area contributed by atoms with Gasteiger partial charge in [-0.25, -0.2) is 0 Å². The number of hydrogen-bond acceptors (Lipinski definition) is 6. The number of fused-ring (bicyclic) bond motifs is 1. The molecule has 0 spiro atoms. The molecule has 1 N–H and O–H groups in total. The molecule has 168 valence electrons. The van der Waals surface area contributed by atoms with Crippen molar-refractivity contribution in [2.24, 2.45) is 0 Å². The molecule has 3 aromatic carbocycles. The van der Waals surface area contributed by atoms with Crippen LogP contribution in [0, 0.1) is 20.8 Å². The molecule has 5 rings (SSSR count). The van der Waals surface area contributed by atoms with Gasteiger partial charge < -0.3 is 10.1 Å². The maximum Gasteiger partial charge on any atom is 0.131 e. The van der Waals surface area contributed by atoms with E-state index in [1.807, 2.05) is 0 Å². The highest BCUT2D eigenvalue weighted by Gasteiger charge is 2.24. The summed E-state index contributed by atoms with van der Waals surface area (Å²) in [6.07, 6.45) is 0. The standard InChI is InChI=1S/C27H27N3OS2/c1-16-12-17(2)14-19(13-16)33-27-21-7-5-4-6-20(21)25(29-30-27)22-9-8-18(3)26(32)24(22)23-15-31-11-10-28-23/h4-9,12-14,23,28,32H,10-11,15H2,1-3H3. The molecule has 0 radical (unpaired) electrons. The topological polar surface area (TPSA) is 47.0 Å². The van der Waals surface area contributed by atoms with Crippen LogP contribution in [0.3, 0.4) is 0 Å². The smallest absolute Gasteiger partial charge is 0.131 e. The third kappa shape index (κ3) is 4.53. The van der Waals surface area contributed by atoms with E-state index in [1.54, 1.807) is 11.8 Å². The Morgan fingerprint density at radius 3 is 2.45 bits per heavy atom. The predicted molar refractivity (Wildman–Crippen MR) is 139 cm³/mol. The first kappa shape index (κ1) is 22.4. The molecule has 1 aliphatic rings. The van der Waals surface area contributed by atoms with Crippen molar-refractivity contribution in [3.05, 3.63) is 76.9 Å². The summed E-state index contributed by atoms with van der Waals surface area (Å²) >= 11 is 6.56. The fraction of sp³-hybridized carbons (Fsp3) is 0.259. The van der Waals surface area contributed by atoms with Crippen LogP contribution in [0.4, 0.5) is 0 Å². The van der Waals surface area contributed by atoms with Gasteiger partial charge in [0.1, 0.15) is 10.7 Å². The van der Waals surface area contributed by atoms with Crippen LogP contribution in [-0.4, -0.2) is 30.0 Å². The highest BCUT2D eigenvalue weighted by Crippen LogP contribution is 2.40. The molecule has 4 nitrogen and oxygen atoms in total. The van der Waals surface area contributed by atoms with Gasteiger partial charge in [0.2, 0.25) is 0 Å². The van der Waals surface area contributed by atoms with Gasteiger partial charge in [0.05, 0.1) is 19.3 Å². The van der Waals surface area contributed by atoms with Crippen LogP contribution in [0.1, 0.15) is 28.3 Å². The fourth-order valence-electron chi connectivity index (χ4n) is 4.48. The summed E-state index contributed by atoms with van der Waals surface area (Å²) in [5, 5.41) is 16.2. The Morgan fingerprint density at radius 1 is 0.970 bits per heavy atom. The summed E-state index contributed by atoms with van der Waals surface area (Å²) < 4.78 is 5.78. The number of aromatic nitrogens is 2. The quantitative estimate of drug-likeness (QED) is 0.340. The van der Waals surface area contributed by atoms with Gasteiger partial charge in [0.25, 0.3) is 0 Å². The molecule has 1 saturated heterocycles. The minimum atomic E-state index is 0.0750. The molecule has 0 amide bonds. The van der Waals surface area contributed by atoms with Crippen LogP contribution < -0.4 is 5.32 Å². The Hall–Kier alpha value is -2.38. The predicted octanol–water partition coefficient (Wildman–Crippen LogP) is 6.32. The van der Waals surface area contributed by atoms with Crippen LogP contribution >= 0.6 is 24.4 Å². The third-order valence-electron chi connectivity index (χ3n) is 6.01. The number of thiol groups is 1. The molecule has 33 heavy (non-hydrogen) atoms. The average Bonchev–Trinajstić information content (AvgIpc) is 2.81. The second-order valence-corrected chi connectivity index (χ2v) is 10.1. The van der Waals surface area contributed by atoms with Gasteiger partial charge in [-0.2, -0.15) is 0 Å². The first-order chi connectivity index (χ1) is 16.0. The summed E-state index contributed by atoms with van der Waals surface area (Å²) in [7, 11) is 0. The summed E-state index contributed by atoms with van der Waals surface area (Å²) in [4.78, 5) is 2.16. The number of rotatable bonds is 4. The Kier molecular flexibility index (Phi) is 6.43. The first-order valence-electron chi connectivity index (χ1n) is 11.2. The third-order valence-corrected chi connectivity index (χ3v) is 7.57. The van der Waals surface area contributed by atoms with Crippen molar-refractivity contribution in [2.45, 2.75) is 41.6 Å². The minimum absolute atomic E-state index is 0.0750. The lowest BCUT2D eigenvalue weighted by atomic mass is 9.93. The van der Waals surface area contributed by atoms with E-state index >= 15 is 0 Å². The SMILES string of the molecule is Cc1cc(C)cc(Sc2nnc(-c3ccc(C)c(S)c3C3COCCN3)c3ccccc23)c1. The second kappa shape index (κ2) is 9.47. The molecule has 1 atom stereocenters. The molecule has 6 heteroatoms. The van der Waals surface area contributed by atoms with Crippen molar-refractivity contribution in [2.75, 3.05) is 19.8 Å². The van der Waals surface area contributed by atoms with E-state index in [-0.39, 0.29) is 6.04 Å². The molecule has 0 saturated carbocycles. The summed E-state index contributed by atoms with van der Waals surface area (Å²) in [5.74, 6) is 0. The van der Waals surface area contributed by atoms with E-state index in [0.29, 0.717) is 6.61 Å². The van der Waals surface area contributed by atoms with E-state index in [1.165, 1.54) is 16.0 Å². The van der Waals surface area contributed by atoms with Gasteiger partial charge in [-0.3, -0.25) is 0 Å². The van der Waals surface area contributed by atoms with Crippen LogP contribution in [0.25, 0.3) is 22.0 Å². The number of ether oxygens (including phenoxy) is 1. The fourth-order valence-corrected chi connectivity index (χ4v) is 5.92. The lowest BCUT2D eigenvalue weighted by Crippen LogP contribution is -2.35. The van der Waals surface area contributed by atoms with Crippen molar-refractivity contribution in [3.63, 3.8) is 0 Å². The first-order valence-corrected chi connectivity index (χ1v) is 12.4. The molecule has 1 aliphatic heterocycles. The van der Waals surface area contributed by atoms with Crippen molar-refractivity contribution in [3.8, 4) is 11.3 Å². The summed E-state index contributed by atoms with van der Waals surface area (Å²) in [6.45, 7) is 8.51. The zero-order valence-corrected chi connectivity index (χ0v) is 20.8. The van der Waals surface area contributed by atoms with Crippen molar-refractivity contribution >= 4 is 35.2 Å². The molecule has 0 aliphatic carbocycles. The minimum Gasteiger partial charge on any atom is -0.378 e. The van der Waals surface area contributed by atoms with Crippen molar-refractivity contribution in [1.29, 1.82) is 0 Å². The summed E-state index contributed by atoms with van der Waals surface area (Å²) in [6, 6.07) is 19.3. The van der Waals surface area contributed by atoms with E-state index in [4.69, 9.17) is 27.6 Å². The number of benzene rings is 3. The van der Waals surface area contributed by atoms with Crippen molar-refractivity contribution < 1.29 is 4.74 Å². The molecule has 2 heterocycles. The van der Waals surface area contributed by atoms with Crippen molar-refractivity contribution in [1.82, 2.24) is 15.5 Å². The Balaban J connectivity index is 1.65. The monoisotopic (exact) mass is 473 g/mol. The maximum atomic E-state index is 5.78. The lowest BCUT2D eigenvalue weighted by molar-refractivity contribution is 0.0763. The zero-order valence-electron chi connectivity index (χ0n) is 19.1. The van der Waals surface area contributed by atoms with E-state index in [0.717, 1.165) is 56.2 Å². The highest BCUT2D eigenvalue weighted by atomic mass is 32.2. The molecule has 1 unspecified atom stereocenters. The lowest BCUT2D eigenvalue weighted by Gasteiger charge is -2.28. The number of morpholine rings is 1. The van der Waals surface area contributed by atoms with Crippen LogP contribution in [-0.2, 0) is 4.74 Å². The average molecular weight is 474 g/mol. The number of hydrogen-bond donors (Lipinski definition) is 2. The van der Waals surface area contributed by atoms with Gasteiger partial charge >= 0.3 is 0 Å². The zero-order chi connectivity index (χ0) is 22.9. The van der Waals surface area contributed by atoms with Gasteiger partial charge in [-0.05, 0) is 55.2 Å². The molecule has 0 bridgehead atoms. The Labute approximate surface area is 204 Å². The molecular weight excluding hydrogens is 446 g/mol. The van der Waals surface area contributed by atoms with Crippen LogP contribution in [0.2, 0.25) is 0 Å². The largest absolute Gasteiger partial charge is 0.378 e. The van der Waals surface area contributed by atoms with E-state index in [2.05, 4.69) is 80.7 Å². The summed E-state index contributed by atoms with van der Waals surface area (Å²) in [5.41, 5.74) is 6.71. The molecular formula is C27H27N3OS2. The van der Waals surface area contributed by atoms with Gasteiger partial charge in [-0.15, -0.1) is 22.8 Å². The normalized spacial score (nSPS) is 16.3. The Morgan fingerprint density at radius 2 is 1.73 bits per heavy atom. The van der Waals surface area contributed by atoms with Crippen LogP contribution in [0.15, 0.2) is 69.4 Å². The molecule has 4 aromatic rings. The second-order valence-electron chi connectivity index (χ2n) is 8.60. The van der Waals surface area contributed by atoms with Gasteiger partial charge in [-0.1, -0.05) is 54.2 Å². The van der Waals surface area contributed by atoms with E-state index < -0.39 is 0 Å². The van der Waals surface area contributed by atoms with Crippen LogP contribution in [0.5, 0.6) is 0 Å². The molecule has 1 aromatic heterocycles. The number of nitrogens with zero attached hydrogens (tertiary/aromatic N) is 2. The van der Waals surface area contributed by atoms with E-state index in [9.17, 15) is 0 Å². The number of nitrogens with one attached hydrogen (secondary N) is 1. The molecule has 1 fully saturated rings. The Bertz CT molecular complexity index is 1310. The maximum absolute atomic E-state index is 5.78. The van der Waals surface area contributed by atoms with Gasteiger partial charge in [0, 0.05) is 32.7 Å². The van der Waals surface area contributed by atoms with Gasteiger partial charge in [0.15, 0.2) is 0 Å². The number of aryl methyl sites for hydroxylation is 3. The highest BCUT2D eigenvalue weighted by molar-refractivity contribution is 7.99.